The summed E-state index contributed by atoms with van der Waals surface area (Å²) in [6.07, 6.45) is 3.64. The monoisotopic (exact) mass is 730 g/mol. The van der Waals surface area contributed by atoms with Crippen LogP contribution in [0.4, 0.5) is 32.8 Å². The topological polar surface area (TPSA) is 117 Å². The molecule has 11 nitrogen and oxygen atoms in total. The molecule has 2 amide bonds. The molecule has 3 fully saturated rings. The third-order valence-electron chi connectivity index (χ3n) is 12.0. The van der Waals surface area contributed by atoms with Crippen molar-refractivity contribution in [3.63, 3.8) is 0 Å². The first-order valence-corrected chi connectivity index (χ1v) is 19.1. The van der Waals surface area contributed by atoms with E-state index in [0.717, 1.165) is 93.0 Å². The number of nitrogens with one attached hydrogen (secondary N) is 2. The Balaban J connectivity index is 0.955. The number of nitriles is 1. The van der Waals surface area contributed by atoms with E-state index in [4.69, 9.17) is 0 Å². The number of benzene rings is 3. The molecule has 4 aromatic rings. The Morgan fingerprint density at radius 2 is 1.67 bits per heavy atom. The molecule has 0 aliphatic carbocycles. The van der Waals surface area contributed by atoms with Gasteiger partial charge in [-0.15, -0.1) is 0 Å². The normalized spacial score (nSPS) is 21.0. The van der Waals surface area contributed by atoms with Crippen molar-refractivity contribution < 1.29 is 14.0 Å². The Morgan fingerprint density at radius 1 is 0.870 bits per heavy atom. The molecule has 2 N–H and O–H groups in total. The van der Waals surface area contributed by atoms with Crippen LogP contribution in [0.3, 0.4) is 0 Å². The Labute approximate surface area is 314 Å². The molecule has 2 unspecified atom stereocenters. The van der Waals surface area contributed by atoms with Gasteiger partial charge < -0.3 is 29.5 Å². The fraction of sp³-hybridized carbons (Fsp3) is 0.429. The van der Waals surface area contributed by atoms with Gasteiger partial charge in [0.25, 0.3) is 5.56 Å². The number of hydrogen-bond acceptors (Lipinski definition) is 9. The molecule has 8 rings (SSSR count). The van der Waals surface area contributed by atoms with Gasteiger partial charge in [0.1, 0.15) is 11.9 Å². The van der Waals surface area contributed by atoms with Crippen LogP contribution in [0.25, 0.3) is 10.9 Å². The van der Waals surface area contributed by atoms with Crippen LogP contribution in [-0.4, -0.2) is 80.2 Å². The average Bonchev–Trinajstić information content (AvgIpc) is 3.64. The van der Waals surface area contributed by atoms with E-state index >= 15 is 4.39 Å². The first-order valence-electron chi connectivity index (χ1n) is 19.1. The quantitative estimate of drug-likeness (QED) is 0.242. The van der Waals surface area contributed by atoms with E-state index in [1.165, 1.54) is 11.6 Å². The van der Waals surface area contributed by atoms with E-state index in [1.54, 1.807) is 10.6 Å². The van der Waals surface area contributed by atoms with Gasteiger partial charge in [-0.3, -0.25) is 19.7 Å². The number of imide groups is 1. The summed E-state index contributed by atoms with van der Waals surface area (Å²) in [5.41, 5.74) is 7.76. The number of piperidine rings is 2. The van der Waals surface area contributed by atoms with Crippen molar-refractivity contribution in [3.8, 4) is 6.07 Å². The summed E-state index contributed by atoms with van der Waals surface area (Å²) in [5, 5.41) is 16.2. The number of pyridine rings is 1. The summed E-state index contributed by atoms with van der Waals surface area (Å²) in [5.74, 6) is -0.131. The smallest absolute Gasteiger partial charge is 0.253 e. The Kier molecular flexibility index (Phi) is 9.52. The Hall–Kier alpha value is -5.41. The minimum atomic E-state index is -0.553. The average molecular weight is 731 g/mol. The number of aromatic nitrogens is 1. The van der Waals surface area contributed by atoms with Gasteiger partial charge in [0.15, 0.2) is 0 Å². The van der Waals surface area contributed by atoms with Crippen LogP contribution >= 0.6 is 0 Å². The van der Waals surface area contributed by atoms with Crippen LogP contribution in [-0.2, 0) is 16.6 Å². The van der Waals surface area contributed by atoms with E-state index in [-0.39, 0.29) is 29.6 Å². The van der Waals surface area contributed by atoms with Crippen LogP contribution in [0, 0.1) is 30.0 Å². The second-order valence-electron chi connectivity index (χ2n) is 15.5. The second-order valence-corrected chi connectivity index (χ2v) is 15.5. The number of hydrogen-bond donors (Lipinski definition) is 2. The van der Waals surface area contributed by atoms with Crippen LogP contribution in [0.15, 0.2) is 59.4 Å². The summed E-state index contributed by atoms with van der Waals surface area (Å²) >= 11 is 0. The molecule has 54 heavy (non-hydrogen) atoms. The Bertz CT molecular complexity index is 2240. The lowest BCUT2D eigenvalue weighted by molar-refractivity contribution is -0.133. The SMILES string of the molecule is Cc1cc2c(N3CCN(C)c4ccc(C#N)cc43)cc(C3CCN(CC4CCN(c5ccc(NC6CCC(=O)NC6=O)cc5F)CC4)C3)cc2n(C)c1=O. The molecule has 5 heterocycles. The zero-order chi connectivity index (χ0) is 37.7. The molecule has 3 aromatic carbocycles. The summed E-state index contributed by atoms with van der Waals surface area (Å²) in [4.78, 5) is 46.1. The van der Waals surface area contributed by atoms with E-state index in [0.29, 0.717) is 40.8 Å². The zero-order valence-corrected chi connectivity index (χ0v) is 31.2. The van der Waals surface area contributed by atoms with Crippen LogP contribution < -0.4 is 30.9 Å². The maximum Gasteiger partial charge on any atom is 0.253 e. The molecule has 12 heteroatoms. The van der Waals surface area contributed by atoms with Crippen molar-refractivity contribution in [1.29, 1.82) is 5.26 Å². The van der Waals surface area contributed by atoms with Crippen molar-refractivity contribution in [2.45, 2.75) is 51.0 Å². The number of fused-ring (bicyclic) bond motifs is 2. The molecular formula is C42H47FN8O3. The van der Waals surface area contributed by atoms with Gasteiger partial charge in [-0.25, -0.2) is 4.39 Å². The zero-order valence-electron chi connectivity index (χ0n) is 31.2. The van der Waals surface area contributed by atoms with Gasteiger partial charge in [0, 0.05) is 76.4 Å². The number of amides is 2. The van der Waals surface area contributed by atoms with Gasteiger partial charge in [-0.05, 0) is 111 Å². The predicted molar refractivity (Wildman–Crippen MR) is 210 cm³/mol. The number of anilines is 5. The van der Waals surface area contributed by atoms with Crippen LogP contribution in [0.2, 0.25) is 0 Å². The maximum absolute atomic E-state index is 15.3. The number of likely N-dealkylation sites (N-methyl/N-ethyl adjacent to an activating group) is 1. The fourth-order valence-electron chi connectivity index (χ4n) is 8.93. The number of aryl methyl sites for hydroxylation is 2. The minimum absolute atomic E-state index is 0.00949. The highest BCUT2D eigenvalue weighted by Crippen LogP contribution is 2.43. The molecule has 4 aliphatic heterocycles. The van der Waals surface area contributed by atoms with Gasteiger partial charge in [-0.2, -0.15) is 5.26 Å². The molecule has 0 saturated carbocycles. The first-order chi connectivity index (χ1) is 26.1. The van der Waals surface area contributed by atoms with E-state index in [2.05, 4.69) is 55.5 Å². The number of carbonyl (C=O) groups is 2. The van der Waals surface area contributed by atoms with Gasteiger partial charge in [0.2, 0.25) is 11.8 Å². The molecule has 280 valence electrons. The summed E-state index contributed by atoms with van der Waals surface area (Å²) < 4.78 is 17.1. The lowest BCUT2D eigenvalue weighted by Gasteiger charge is -2.38. The molecule has 1 aromatic heterocycles. The highest BCUT2D eigenvalue weighted by molar-refractivity contribution is 6.01. The minimum Gasteiger partial charge on any atom is -0.374 e. The summed E-state index contributed by atoms with van der Waals surface area (Å²) in [7, 11) is 3.95. The van der Waals surface area contributed by atoms with Crippen molar-refractivity contribution in [2.24, 2.45) is 13.0 Å². The van der Waals surface area contributed by atoms with E-state index < -0.39 is 6.04 Å². The van der Waals surface area contributed by atoms with Gasteiger partial charge >= 0.3 is 0 Å². The molecule has 0 spiro atoms. The van der Waals surface area contributed by atoms with Gasteiger partial charge in [-0.1, -0.05) is 0 Å². The summed E-state index contributed by atoms with van der Waals surface area (Å²) in [6.45, 7) is 7.99. The van der Waals surface area contributed by atoms with Crippen LogP contribution in [0.1, 0.15) is 54.7 Å². The molecular weight excluding hydrogens is 684 g/mol. The molecule has 4 aliphatic rings. The second kappa shape index (κ2) is 14.4. The van der Waals surface area contributed by atoms with E-state index in [9.17, 15) is 19.6 Å². The summed E-state index contributed by atoms with van der Waals surface area (Å²) in [6, 6.07) is 19.2. The van der Waals surface area contributed by atoms with E-state index in [1.807, 2.05) is 44.3 Å². The molecule has 2 atom stereocenters. The number of nitrogens with zero attached hydrogens (tertiary/aromatic N) is 6. The highest BCUT2D eigenvalue weighted by Gasteiger charge is 2.31. The number of halogens is 1. The standard InChI is InChI=1S/C42H47FN8O3/c1-26-18-32-37(48(3)42(26)54)20-30(21-38(32)51-17-16-47(2)36-7-4-28(23-44)19-39(36)51)29-12-13-49(25-29)24-27-10-14-50(15-11-27)35-8-5-31(22-33(35)43)45-34-6-9-40(52)46-41(34)53/h4-5,7-8,18-22,27,29,34,45H,6,9-17,24-25H2,1-3H3,(H,46,52,53). The number of carbonyl (C=O) groups excluding carboxylic acids is 2. The first kappa shape index (κ1) is 35.6. The largest absolute Gasteiger partial charge is 0.374 e. The number of rotatable bonds is 7. The number of likely N-dealkylation sites (tertiary alicyclic amines) is 1. The third kappa shape index (κ3) is 6.77. The molecule has 0 radical (unpaired) electrons. The van der Waals surface area contributed by atoms with Crippen molar-refractivity contribution in [2.75, 3.05) is 72.9 Å². The lowest BCUT2D eigenvalue weighted by atomic mass is 9.94. The third-order valence-corrected chi connectivity index (χ3v) is 12.0. The molecule has 3 saturated heterocycles. The Morgan fingerprint density at radius 3 is 2.43 bits per heavy atom. The van der Waals surface area contributed by atoms with Crippen molar-refractivity contribution in [3.05, 3.63) is 87.5 Å². The van der Waals surface area contributed by atoms with Crippen molar-refractivity contribution >= 4 is 51.2 Å². The lowest BCUT2D eigenvalue weighted by Crippen LogP contribution is -2.47. The highest BCUT2D eigenvalue weighted by atomic mass is 19.1. The van der Waals surface area contributed by atoms with Crippen LogP contribution in [0.5, 0.6) is 0 Å². The predicted octanol–water partition coefficient (Wildman–Crippen LogP) is 5.37. The maximum atomic E-state index is 15.3. The van der Waals surface area contributed by atoms with Gasteiger partial charge in [0.05, 0.1) is 39.9 Å². The van der Waals surface area contributed by atoms with Crippen molar-refractivity contribution in [1.82, 2.24) is 14.8 Å². The molecule has 0 bridgehead atoms. The fourth-order valence-corrected chi connectivity index (χ4v) is 8.93.